The molecule has 1 nitrogen and oxygen atoms in total. The molecule has 0 amide bonds. The smallest absolute Gasteiger partial charge is 0.0465 e. The molecule has 11 rings (SSSR count). The van der Waals surface area contributed by atoms with E-state index in [0.717, 1.165) is 17.1 Å². The second-order valence-corrected chi connectivity index (χ2v) is 16.4. The Kier molecular flexibility index (Phi) is 7.14. The van der Waals surface area contributed by atoms with Crippen molar-refractivity contribution in [1.29, 1.82) is 0 Å². The topological polar surface area (TPSA) is 3.24 Å². The molecule has 9 aromatic carbocycles. The van der Waals surface area contributed by atoms with Gasteiger partial charge in [0.2, 0.25) is 0 Å². The number of anilines is 3. The number of nitrogens with zero attached hydrogens (tertiary/aromatic N) is 1. The van der Waals surface area contributed by atoms with Crippen LogP contribution < -0.4 is 4.90 Å². The average molecular weight is 720 g/mol. The number of hydrogen-bond donors (Lipinski definition) is 0. The fourth-order valence-corrected chi connectivity index (χ4v) is 10.3. The highest BCUT2D eigenvalue weighted by molar-refractivity contribution is 7.26. The van der Waals surface area contributed by atoms with Crippen molar-refractivity contribution < 1.29 is 0 Å². The number of thiophene rings is 1. The molecule has 0 saturated heterocycles. The molecule has 0 unspecified atom stereocenters. The lowest BCUT2D eigenvalue weighted by Crippen LogP contribution is -2.16. The summed E-state index contributed by atoms with van der Waals surface area (Å²) in [5, 5.41) is 7.75. The first-order chi connectivity index (χ1) is 27.0. The van der Waals surface area contributed by atoms with Crippen LogP contribution in [0.4, 0.5) is 17.1 Å². The monoisotopic (exact) mass is 719 g/mol. The molecule has 0 saturated carbocycles. The Morgan fingerprint density at radius 3 is 1.78 bits per heavy atom. The van der Waals surface area contributed by atoms with Crippen molar-refractivity contribution in [2.45, 2.75) is 19.3 Å². The first kappa shape index (κ1) is 32.0. The molecule has 2 heteroatoms. The van der Waals surface area contributed by atoms with Gasteiger partial charge in [0, 0.05) is 42.6 Å². The van der Waals surface area contributed by atoms with Gasteiger partial charge in [-0.2, -0.15) is 0 Å². The zero-order chi connectivity index (χ0) is 36.7. The fraction of sp³-hybridized carbons (Fsp3) is 0.0566. The second-order valence-electron chi connectivity index (χ2n) is 15.3. The van der Waals surface area contributed by atoms with Gasteiger partial charge in [0.15, 0.2) is 0 Å². The summed E-state index contributed by atoms with van der Waals surface area (Å²) in [6, 6.07) is 69.6. The summed E-state index contributed by atoms with van der Waals surface area (Å²) in [6.45, 7) is 4.72. The average Bonchev–Trinajstić information content (AvgIpc) is 3.71. The van der Waals surface area contributed by atoms with E-state index >= 15 is 0 Å². The van der Waals surface area contributed by atoms with Gasteiger partial charge in [0.1, 0.15) is 0 Å². The Hall–Kier alpha value is -6.48. The van der Waals surface area contributed by atoms with Crippen molar-refractivity contribution in [3.8, 4) is 33.4 Å². The summed E-state index contributed by atoms with van der Waals surface area (Å²) in [5.74, 6) is 0. The minimum absolute atomic E-state index is 0.0985. The van der Waals surface area contributed by atoms with E-state index in [9.17, 15) is 0 Å². The van der Waals surface area contributed by atoms with Gasteiger partial charge in [-0.1, -0.05) is 153 Å². The van der Waals surface area contributed by atoms with Crippen LogP contribution in [0.25, 0.3) is 75.1 Å². The third kappa shape index (κ3) is 4.99. The Morgan fingerprint density at radius 2 is 0.982 bits per heavy atom. The fourth-order valence-electron chi connectivity index (χ4n) is 9.17. The summed E-state index contributed by atoms with van der Waals surface area (Å²) in [5.41, 5.74) is 13.7. The lowest BCUT2D eigenvalue weighted by atomic mass is 9.82. The van der Waals surface area contributed by atoms with Crippen molar-refractivity contribution in [2.24, 2.45) is 0 Å². The van der Waals surface area contributed by atoms with Crippen molar-refractivity contribution in [3.05, 3.63) is 199 Å². The van der Waals surface area contributed by atoms with Gasteiger partial charge in [0.25, 0.3) is 0 Å². The molecule has 1 aliphatic carbocycles. The maximum Gasteiger partial charge on any atom is 0.0465 e. The Bertz CT molecular complexity index is 3110. The van der Waals surface area contributed by atoms with Crippen molar-refractivity contribution >= 4 is 70.1 Å². The maximum absolute atomic E-state index is 2.43. The standard InChI is InChI=1S/C53H37NS/c1-53(2)47-20-9-7-17-44(47)45-31-30-40(33-48(45)53)54(38-26-22-35(23-27-38)42-19-11-14-34-12-3-5-15-41(34)42)39-28-24-36(25-29-39)51-43-16-6-4-13-37(43)32-50-52(51)46-18-8-10-21-49(46)55-50/h3-33H,1-2H3. The van der Waals surface area contributed by atoms with Gasteiger partial charge in [-0.3, -0.25) is 0 Å². The number of rotatable bonds is 5. The molecule has 55 heavy (non-hydrogen) atoms. The van der Waals surface area contributed by atoms with Crippen LogP contribution in [0.1, 0.15) is 25.0 Å². The van der Waals surface area contributed by atoms with Crippen molar-refractivity contribution in [1.82, 2.24) is 0 Å². The third-order valence-corrected chi connectivity index (χ3v) is 13.0. The van der Waals surface area contributed by atoms with Gasteiger partial charge in [-0.15, -0.1) is 11.3 Å². The summed E-state index contributed by atoms with van der Waals surface area (Å²) in [4.78, 5) is 2.43. The molecular formula is C53H37NS. The third-order valence-electron chi connectivity index (χ3n) is 11.9. The van der Waals surface area contributed by atoms with Gasteiger partial charge >= 0.3 is 0 Å². The second kappa shape index (κ2) is 12.3. The van der Waals surface area contributed by atoms with E-state index in [1.54, 1.807) is 0 Å². The highest BCUT2D eigenvalue weighted by Crippen LogP contribution is 2.51. The van der Waals surface area contributed by atoms with E-state index in [0.29, 0.717) is 0 Å². The molecule has 0 radical (unpaired) electrons. The molecule has 0 atom stereocenters. The lowest BCUT2D eigenvalue weighted by molar-refractivity contribution is 0.660. The van der Waals surface area contributed by atoms with Crippen LogP contribution in [-0.2, 0) is 5.41 Å². The molecule has 1 aliphatic rings. The Morgan fingerprint density at radius 1 is 0.400 bits per heavy atom. The van der Waals surface area contributed by atoms with Crippen LogP contribution in [0.15, 0.2) is 188 Å². The van der Waals surface area contributed by atoms with Crippen molar-refractivity contribution in [2.75, 3.05) is 4.90 Å². The van der Waals surface area contributed by atoms with Gasteiger partial charge in [-0.05, 0) is 115 Å². The Labute approximate surface area is 325 Å². The minimum atomic E-state index is -0.0985. The number of fused-ring (bicyclic) bond motifs is 8. The molecule has 0 fully saturated rings. The first-order valence-electron chi connectivity index (χ1n) is 19.1. The highest BCUT2D eigenvalue weighted by atomic mass is 32.1. The van der Waals surface area contributed by atoms with Crippen LogP contribution >= 0.6 is 11.3 Å². The van der Waals surface area contributed by atoms with E-state index in [2.05, 4.69) is 207 Å². The van der Waals surface area contributed by atoms with E-state index in [1.165, 1.54) is 86.2 Å². The zero-order valence-electron chi connectivity index (χ0n) is 30.8. The van der Waals surface area contributed by atoms with Crippen LogP contribution in [0, 0.1) is 0 Å². The molecule has 0 bridgehead atoms. The number of benzene rings is 9. The van der Waals surface area contributed by atoms with Crippen LogP contribution in [0.3, 0.4) is 0 Å². The maximum atomic E-state index is 2.43. The van der Waals surface area contributed by atoms with Gasteiger partial charge < -0.3 is 4.90 Å². The minimum Gasteiger partial charge on any atom is -0.310 e. The largest absolute Gasteiger partial charge is 0.310 e. The van der Waals surface area contributed by atoms with E-state index < -0.39 is 0 Å². The van der Waals surface area contributed by atoms with Crippen LogP contribution in [-0.4, -0.2) is 0 Å². The van der Waals surface area contributed by atoms with Gasteiger partial charge in [-0.25, -0.2) is 0 Å². The zero-order valence-corrected chi connectivity index (χ0v) is 31.6. The predicted molar refractivity (Wildman–Crippen MR) is 237 cm³/mol. The lowest BCUT2D eigenvalue weighted by Gasteiger charge is -2.28. The van der Waals surface area contributed by atoms with E-state index in [-0.39, 0.29) is 5.41 Å². The summed E-state index contributed by atoms with van der Waals surface area (Å²) < 4.78 is 2.65. The first-order valence-corrected chi connectivity index (χ1v) is 19.9. The summed E-state index contributed by atoms with van der Waals surface area (Å²) >= 11 is 1.88. The summed E-state index contributed by atoms with van der Waals surface area (Å²) in [6.07, 6.45) is 0. The SMILES string of the molecule is CC1(C)c2ccccc2-c2ccc(N(c3ccc(-c4cccc5ccccc45)cc3)c3ccc(-c4c5ccccc5cc5sc6ccccc6c45)cc3)cc21. The van der Waals surface area contributed by atoms with Crippen LogP contribution in [0.2, 0.25) is 0 Å². The molecule has 0 aliphatic heterocycles. The molecule has 1 aromatic heterocycles. The highest BCUT2D eigenvalue weighted by Gasteiger charge is 2.35. The molecule has 1 heterocycles. The predicted octanol–water partition coefficient (Wildman–Crippen LogP) is 15.5. The molecule has 10 aromatic rings. The quantitative estimate of drug-likeness (QED) is 0.171. The van der Waals surface area contributed by atoms with E-state index in [4.69, 9.17) is 0 Å². The normalized spacial score (nSPS) is 13.1. The number of hydrogen-bond acceptors (Lipinski definition) is 2. The van der Waals surface area contributed by atoms with Gasteiger partial charge in [0.05, 0.1) is 0 Å². The Balaban J connectivity index is 1.07. The van der Waals surface area contributed by atoms with Crippen LogP contribution in [0.5, 0.6) is 0 Å². The van der Waals surface area contributed by atoms with Crippen molar-refractivity contribution in [3.63, 3.8) is 0 Å². The summed E-state index contributed by atoms with van der Waals surface area (Å²) in [7, 11) is 0. The molecule has 260 valence electrons. The molecule has 0 spiro atoms. The molecule has 0 N–H and O–H groups in total. The molecular weight excluding hydrogens is 683 g/mol. The van der Waals surface area contributed by atoms with E-state index in [1.807, 2.05) is 11.3 Å².